The van der Waals surface area contributed by atoms with E-state index in [1.165, 1.54) is 18.4 Å². The smallest absolute Gasteiger partial charge is 0.249 e. The molecule has 0 atom stereocenters. The molecule has 0 aliphatic rings. The number of carbonyl (C=O) groups is 2. The maximum Gasteiger partial charge on any atom is 0.249 e. The number of nitrogens with two attached hydrogens (primary N) is 1. The van der Waals surface area contributed by atoms with Crippen LogP contribution in [0, 0.1) is 6.07 Å². The highest BCUT2D eigenvalue weighted by Crippen LogP contribution is 2.33. The molecule has 0 aliphatic carbocycles. The van der Waals surface area contributed by atoms with Gasteiger partial charge in [-0.1, -0.05) is 86.5 Å². The largest absolute Gasteiger partial charge is 0.366 e. The van der Waals surface area contributed by atoms with Gasteiger partial charge in [-0.3, -0.25) is 9.59 Å². The maximum atomic E-state index is 12.8. The van der Waals surface area contributed by atoms with Crippen molar-refractivity contribution in [1.29, 1.82) is 0 Å². The first-order valence-electron chi connectivity index (χ1n) is 12.5. The van der Waals surface area contributed by atoms with Crippen LogP contribution < -0.4 is 5.73 Å². The summed E-state index contributed by atoms with van der Waals surface area (Å²) in [4.78, 5) is 25.1. The summed E-state index contributed by atoms with van der Waals surface area (Å²) in [5.74, 6) is -0.430. The van der Waals surface area contributed by atoms with Crippen LogP contribution in [0.15, 0.2) is 84.9 Å². The van der Waals surface area contributed by atoms with Crippen molar-refractivity contribution in [2.45, 2.75) is 39.2 Å². The molecule has 4 heteroatoms. The van der Waals surface area contributed by atoms with E-state index in [9.17, 15) is 9.59 Å². The third-order valence-electron chi connectivity index (χ3n) is 6.78. The molecule has 4 nitrogen and oxygen atoms in total. The van der Waals surface area contributed by atoms with Crippen LogP contribution >= 0.6 is 0 Å². The van der Waals surface area contributed by atoms with E-state index in [0.717, 1.165) is 40.2 Å². The Kier molecular flexibility index (Phi) is 6.68. The van der Waals surface area contributed by atoms with Crippen LogP contribution in [0.4, 0.5) is 0 Å². The lowest BCUT2D eigenvalue weighted by atomic mass is 10.0. The molecule has 1 aromatic heterocycles. The zero-order chi connectivity index (χ0) is 25.1. The standard InChI is InChI=1S/C32H29N2O2/c1-2-3-5-9-22-16-19-26-29(20-22)34(28-13-8-12-27(30(26)28)32(33)36)21-23-14-17-25(18-15-23)31(35)24-10-6-4-7-11-24/h4,6-8,10-18,20H,2-3,5,9,21H2,1H3,(H2,33,36). The Labute approximate surface area is 211 Å². The first-order valence-corrected chi connectivity index (χ1v) is 12.5. The molecule has 179 valence electrons. The highest BCUT2D eigenvalue weighted by atomic mass is 16.1. The molecule has 5 aromatic rings. The Morgan fingerprint density at radius 1 is 0.833 bits per heavy atom. The van der Waals surface area contributed by atoms with Crippen molar-refractivity contribution < 1.29 is 9.59 Å². The first kappa shape index (κ1) is 23.6. The molecule has 1 radical (unpaired) electrons. The summed E-state index contributed by atoms with van der Waals surface area (Å²) in [5, 5.41) is 1.76. The van der Waals surface area contributed by atoms with Crippen LogP contribution in [0.5, 0.6) is 0 Å². The van der Waals surface area contributed by atoms with Crippen LogP contribution in [0.1, 0.15) is 63.6 Å². The Morgan fingerprint density at radius 3 is 2.31 bits per heavy atom. The van der Waals surface area contributed by atoms with Crippen molar-refractivity contribution >= 4 is 33.5 Å². The maximum absolute atomic E-state index is 12.8. The lowest BCUT2D eigenvalue weighted by Gasteiger charge is -2.10. The molecule has 2 N–H and O–H groups in total. The van der Waals surface area contributed by atoms with Gasteiger partial charge in [0.1, 0.15) is 0 Å². The monoisotopic (exact) mass is 473 g/mol. The van der Waals surface area contributed by atoms with Gasteiger partial charge in [0.15, 0.2) is 5.78 Å². The van der Waals surface area contributed by atoms with Crippen molar-refractivity contribution in [3.8, 4) is 0 Å². The fourth-order valence-corrected chi connectivity index (χ4v) is 4.90. The Balaban J connectivity index is 1.55. The molecule has 0 bridgehead atoms. The van der Waals surface area contributed by atoms with Gasteiger partial charge >= 0.3 is 0 Å². The number of nitrogens with zero attached hydrogens (tertiary/aromatic N) is 1. The fraction of sp³-hybridized carbons (Fsp3) is 0.188. The van der Waals surface area contributed by atoms with E-state index in [1.807, 2.05) is 72.8 Å². The zero-order valence-electron chi connectivity index (χ0n) is 20.5. The molecule has 0 saturated carbocycles. The first-order chi connectivity index (χ1) is 17.6. The minimum atomic E-state index is -0.441. The van der Waals surface area contributed by atoms with E-state index in [0.29, 0.717) is 23.2 Å². The second kappa shape index (κ2) is 10.2. The SMILES string of the molecule is CCCCCc1c[c]c2c3c(C(N)=O)cccc3n(Cc3ccc(C(=O)c4ccccc4)cc3)c2c1. The van der Waals surface area contributed by atoms with Crippen LogP contribution in [0.2, 0.25) is 0 Å². The predicted octanol–water partition coefficient (Wildman–Crippen LogP) is 6.71. The number of hydrogen-bond acceptors (Lipinski definition) is 2. The number of amides is 1. The molecular weight excluding hydrogens is 444 g/mol. The van der Waals surface area contributed by atoms with Crippen molar-refractivity contribution in [1.82, 2.24) is 4.57 Å². The van der Waals surface area contributed by atoms with Gasteiger partial charge in [-0.25, -0.2) is 0 Å². The van der Waals surface area contributed by atoms with E-state index < -0.39 is 5.91 Å². The summed E-state index contributed by atoms with van der Waals surface area (Å²) in [5.41, 5.74) is 11.9. The second-order valence-electron chi connectivity index (χ2n) is 9.27. The number of ketones is 1. The lowest BCUT2D eigenvalue weighted by molar-refractivity contribution is 0.1000. The third-order valence-corrected chi connectivity index (χ3v) is 6.78. The van der Waals surface area contributed by atoms with E-state index >= 15 is 0 Å². The van der Waals surface area contributed by atoms with Crippen LogP contribution in [-0.4, -0.2) is 16.3 Å². The van der Waals surface area contributed by atoms with Gasteiger partial charge < -0.3 is 10.3 Å². The third kappa shape index (κ3) is 4.55. The van der Waals surface area contributed by atoms with Gasteiger partial charge in [0.05, 0.1) is 11.0 Å². The molecular formula is C32H29N2O2. The van der Waals surface area contributed by atoms with Crippen molar-refractivity contribution in [3.63, 3.8) is 0 Å². The number of aryl methyl sites for hydroxylation is 1. The molecule has 1 amide bonds. The summed E-state index contributed by atoms with van der Waals surface area (Å²) in [7, 11) is 0. The van der Waals surface area contributed by atoms with E-state index in [-0.39, 0.29) is 5.78 Å². The van der Waals surface area contributed by atoms with Gasteiger partial charge in [0.2, 0.25) is 5.91 Å². The van der Waals surface area contributed by atoms with E-state index in [1.54, 1.807) is 6.07 Å². The Hall–Kier alpha value is -4.18. The highest BCUT2D eigenvalue weighted by Gasteiger charge is 2.17. The quantitative estimate of drug-likeness (QED) is 0.191. The predicted molar refractivity (Wildman–Crippen MR) is 145 cm³/mol. The van der Waals surface area contributed by atoms with Gasteiger partial charge in [-0.05, 0) is 48.2 Å². The lowest BCUT2D eigenvalue weighted by Crippen LogP contribution is -2.11. The Bertz CT molecular complexity index is 1550. The summed E-state index contributed by atoms with van der Waals surface area (Å²) in [6.07, 6.45) is 4.51. The number of benzene rings is 4. The van der Waals surface area contributed by atoms with Crippen LogP contribution in [0.25, 0.3) is 21.8 Å². The molecule has 0 fully saturated rings. The number of rotatable bonds is 9. The summed E-state index contributed by atoms with van der Waals surface area (Å²) >= 11 is 0. The van der Waals surface area contributed by atoms with E-state index in [2.05, 4.69) is 23.6 Å². The minimum absolute atomic E-state index is 0.0106. The number of aromatic nitrogens is 1. The van der Waals surface area contributed by atoms with Crippen LogP contribution in [0.3, 0.4) is 0 Å². The topological polar surface area (TPSA) is 65.1 Å². The molecule has 0 aliphatic heterocycles. The van der Waals surface area contributed by atoms with Crippen molar-refractivity contribution in [2.75, 3.05) is 0 Å². The highest BCUT2D eigenvalue weighted by molar-refractivity contribution is 6.17. The Morgan fingerprint density at radius 2 is 1.58 bits per heavy atom. The summed E-state index contributed by atoms with van der Waals surface area (Å²) < 4.78 is 2.23. The average molecular weight is 474 g/mol. The second-order valence-corrected chi connectivity index (χ2v) is 9.27. The van der Waals surface area contributed by atoms with Gasteiger partial charge in [-0.15, -0.1) is 0 Å². The molecule has 5 rings (SSSR count). The minimum Gasteiger partial charge on any atom is -0.366 e. The number of primary amides is 1. The normalized spacial score (nSPS) is 11.2. The van der Waals surface area contributed by atoms with Crippen molar-refractivity contribution in [2.24, 2.45) is 5.73 Å². The molecule has 36 heavy (non-hydrogen) atoms. The van der Waals surface area contributed by atoms with Crippen LogP contribution in [-0.2, 0) is 13.0 Å². The molecule has 4 aromatic carbocycles. The van der Waals surface area contributed by atoms with Gasteiger partial charge in [0, 0.05) is 34.0 Å². The number of hydrogen-bond donors (Lipinski definition) is 1. The van der Waals surface area contributed by atoms with Gasteiger partial charge in [0.25, 0.3) is 0 Å². The number of unbranched alkanes of at least 4 members (excludes halogenated alkanes) is 2. The zero-order valence-corrected chi connectivity index (χ0v) is 20.5. The molecule has 0 unspecified atom stereocenters. The van der Waals surface area contributed by atoms with Crippen molar-refractivity contribution in [3.05, 3.63) is 119 Å². The fourth-order valence-electron chi connectivity index (χ4n) is 4.90. The average Bonchev–Trinajstić information content (AvgIpc) is 3.22. The molecule has 0 spiro atoms. The molecule has 0 saturated heterocycles. The molecule has 1 heterocycles. The number of fused-ring (bicyclic) bond motifs is 3. The van der Waals surface area contributed by atoms with Gasteiger partial charge in [-0.2, -0.15) is 0 Å². The summed E-state index contributed by atoms with van der Waals surface area (Å²) in [6, 6.07) is 30.5. The number of carbonyl (C=O) groups excluding carboxylic acids is 2. The summed E-state index contributed by atoms with van der Waals surface area (Å²) in [6.45, 7) is 2.81. The van der Waals surface area contributed by atoms with E-state index in [4.69, 9.17) is 5.73 Å².